The summed E-state index contributed by atoms with van der Waals surface area (Å²) in [5.41, 5.74) is 1.86. The minimum atomic E-state index is 0.298. The van der Waals surface area contributed by atoms with Gasteiger partial charge in [0.05, 0.1) is 12.8 Å². The third kappa shape index (κ3) is 5.35. The summed E-state index contributed by atoms with van der Waals surface area (Å²) in [6.07, 6.45) is 7.46. The summed E-state index contributed by atoms with van der Waals surface area (Å²) in [5.74, 6) is 2.06. The van der Waals surface area contributed by atoms with Crippen molar-refractivity contribution in [2.24, 2.45) is 0 Å². The lowest BCUT2D eigenvalue weighted by Gasteiger charge is -2.13. The van der Waals surface area contributed by atoms with Gasteiger partial charge in [0.2, 0.25) is 0 Å². The highest BCUT2D eigenvalue weighted by Crippen LogP contribution is 2.38. The molecule has 0 aliphatic carbocycles. The third-order valence-electron chi connectivity index (χ3n) is 4.56. The van der Waals surface area contributed by atoms with Gasteiger partial charge < -0.3 is 14.8 Å². The van der Waals surface area contributed by atoms with Crippen LogP contribution in [0.4, 0.5) is 11.6 Å². The number of ether oxygens (including phenoxy) is 2. The lowest BCUT2D eigenvalue weighted by atomic mass is 10.2. The maximum Gasteiger partial charge on any atom is 0.161 e. The lowest BCUT2D eigenvalue weighted by Crippen LogP contribution is -2.06. The van der Waals surface area contributed by atoms with Gasteiger partial charge in [0, 0.05) is 53.3 Å². The summed E-state index contributed by atoms with van der Waals surface area (Å²) in [6.45, 7) is 5.14. The first-order valence-corrected chi connectivity index (χ1v) is 11.3. The van der Waals surface area contributed by atoms with Crippen LogP contribution in [0.3, 0.4) is 0 Å². The fraction of sp³-hybridized carbons (Fsp3) is 0.304. The van der Waals surface area contributed by atoms with Crippen LogP contribution in [-0.4, -0.2) is 43.7 Å². The summed E-state index contributed by atoms with van der Waals surface area (Å²) in [7, 11) is 1.65. The maximum absolute atomic E-state index is 6.27. The number of thioether (sulfide) groups is 1. The van der Waals surface area contributed by atoms with E-state index in [9.17, 15) is 0 Å². The molecule has 0 aliphatic heterocycles. The molecular weight excluding hydrogens is 424 g/mol. The molecule has 1 N–H and O–H groups in total. The average molecular weight is 451 g/mol. The van der Waals surface area contributed by atoms with Gasteiger partial charge in [0.1, 0.15) is 23.8 Å². The van der Waals surface area contributed by atoms with Gasteiger partial charge in [-0.3, -0.25) is 9.97 Å². The Labute approximate surface area is 191 Å². The standard InChI is InChI=1S/C23H26N6O2S/c1-16(2)32-18-12-19-22(20(13-18)31-11-7-17-6-4-5-8-25-17)29(15-30-3)28-23(19)27-21-14-24-9-10-26-21/h4-6,8-10,12-14,16H,7,11,15H2,1-3H3,(H,26,27,28). The summed E-state index contributed by atoms with van der Waals surface area (Å²) in [4.78, 5) is 13.9. The van der Waals surface area contributed by atoms with Gasteiger partial charge >= 0.3 is 0 Å². The molecule has 0 bridgehead atoms. The van der Waals surface area contributed by atoms with Gasteiger partial charge in [-0.15, -0.1) is 11.8 Å². The van der Waals surface area contributed by atoms with Gasteiger partial charge in [0.15, 0.2) is 5.82 Å². The number of fused-ring (bicyclic) bond motifs is 1. The predicted molar refractivity (Wildman–Crippen MR) is 126 cm³/mol. The Bertz CT molecular complexity index is 1150. The maximum atomic E-state index is 6.27. The van der Waals surface area contributed by atoms with E-state index in [1.165, 1.54) is 0 Å². The Hall–Kier alpha value is -3.17. The van der Waals surface area contributed by atoms with Crippen molar-refractivity contribution in [2.45, 2.75) is 37.1 Å². The zero-order valence-electron chi connectivity index (χ0n) is 18.4. The van der Waals surface area contributed by atoms with Crippen LogP contribution in [0.2, 0.25) is 0 Å². The topological polar surface area (TPSA) is 87.0 Å². The van der Waals surface area contributed by atoms with E-state index in [0.717, 1.165) is 27.2 Å². The number of aromatic nitrogens is 5. The van der Waals surface area contributed by atoms with Crippen LogP contribution in [0.15, 0.2) is 60.0 Å². The molecule has 0 spiro atoms. The molecule has 0 saturated heterocycles. The molecule has 32 heavy (non-hydrogen) atoms. The van der Waals surface area contributed by atoms with E-state index in [0.29, 0.717) is 36.6 Å². The fourth-order valence-electron chi connectivity index (χ4n) is 3.31. The monoisotopic (exact) mass is 450 g/mol. The number of methoxy groups -OCH3 is 1. The summed E-state index contributed by atoms with van der Waals surface area (Å²) < 4.78 is 13.5. The quantitative estimate of drug-likeness (QED) is 0.348. The zero-order valence-corrected chi connectivity index (χ0v) is 19.2. The Balaban J connectivity index is 1.72. The van der Waals surface area contributed by atoms with E-state index < -0.39 is 0 Å². The van der Waals surface area contributed by atoms with Gasteiger partial charge in [0.25, 0.3) is 0 Å². The molecule has 4 aromatic rings. The molecular formula is C23H26N6O2S. The third-order valence-corrected chi connectivity index (χ3v) is 5.54. The highest BCUT2D eigenvalue weighted by Gasteiger charge is 2.18. The van der Waals surface area contributed by atoms with E-state index in [4.69, 9.17) is 14.6 Å². The van der Waals surface area contributed by atoms with Crippen molar-refractivity contribution in [3.05, 3.63) is 60.8 Å². The van der Waals surface area contributed by atoms with Crippen LogP contribution in [0.25, 0.3) is 10.9 Å². The second-order valence-corrected chi connectivity index (χ2v) is 9.04. The van der Waals surface area contributed by atoms with Crippen LogP contribution in [0, 0.1) is 0 Å². The Morgan fingerprint density at radius 2 is 2.03 bits per heavy atom. The smallest absolute Gasteiger partial charge is 0.161 e. The molecule has 0 saturated carbocycles. The Morgan fingerprint density at radius 1 is 1.12 bits per heavy atom. The van der Waals surface area contributed by atoms with Crippen molar-refractivity contribution in [2.75, 3.05) is 19.0 Å². The molecule has 8 nitrogen and oxygen atoms in total. The Kier molecular flexibility index (Phi) is 7.18. The molecule has 3 heterocycles. The minimum Gasteiger partial charge on any atom is -0.491 e. The summed E-state index contributed by atoms with van der Waals surface area (Å²) in [5, 5.41) is 9.38. The SMILES string of the molecule is COCn1nc(Nc2cnccn2)c2cc(SC(C)C)cc(OCCc3ccccn3)c21. The van der Waals surface area contributed by atoms with E-state index in [1.807, 2.05) is 18.2 Å². The van der Waals surface area contributed by atoms with E-state index >= 15 is 0 Å². The van der Waals surface area contributed by atoms with Crippen LogP contribution >= 0.6 is 11.8 Å². The second-order valence-electron chi connectivity index (χ2n) is 7.39. The van der Waals surface area contributed by atoms with E-state index in [1.54, 1.807) is 48.3 Å². The second kappa shape index (κ2) is 10.4. The number of benzene rings is 1. The van der Waals surface area contributed by atoms with Crippen LogP contribution in [0.1, 0.15) is 19.5 Å². The van der Waals surface area contributed by atoms with Gasteiger partial charge in [-0.2, -0.15) is 5.10 Å². The molecule has 4 rings (SSSR count). The highest BCUT2D eigenvalue weighted by atomic mass is 32.2. The number of pyridine rings is 1. The largest absolute Gasteiger partial charge is 0.491 e. The van der Waals surface area contributed by atoms with Crippen molar-refractivity contribution in [1.29, 1.82) is 0 Å². The molecule has 1 aromatic carbocycles. The number of nitrogens with zero attached hydrogens (tertiary/aromatic N) is 5. The molecule has 3 aromatic heterocycles. The van der Waals surface area contributed by atoms with Crippen molar-refractivity contribution < 1.29 is 9.47 Å². The minimum absolute atomic E-state index is 0.298. The highest BCUT2D eigenvalue weighted by molar-refractivity contribution is 7.99. The first-order chi connectivity index (χ1) is 15.6. The molecule has 0 atom stereocenters. The molecule has 166 valence electrons. The summed E-state index contributed by atoms with van der Waals surface area (Å²) in [6, 6.07) is 10.1. The number of hydrogen-bond acceptors (Lipinski definition) is 8. The number of rotatable bonds is 10. The first-order valence-electron chi connectivity index (χ1n) is 10.4. The van der Waals surface area contributed by atoms with Crippen LogP contribution < -0.4 is 10.1 Å². The summed E-state index contributed by atoms with van der Waals surface area (Å²) >= 11 is 1.78. The predicted octanol–water partition coefficient (Wildman–Crippen LogP) is 4.69. The Morgan fingerprint density at radius 3 is 2.75 bits per heavy atom. The van der Waals surface area contributed by atoms with E-state index in [2.05, 4.69) is 46.2 Å². The van der Waals surface area contributed by atoms with Crippen molar-refractivity contribution in [1.82, 2.24) is 24.7 Å². The molecule has 0 fully saturated rings. The van der Waals surface area contributed by atoms with Gasteiger partial charge in [-0.25, -0.2) is 9.67 Å². The molecule has 0 amide bonds. The normalized spacial score (nSPS) is 11.2. The molecule has 0 unspecified atom stereocenters. The molecule has 0 aliphatic rings. The van der Waals surface area contributed by atoms with E-state index in [-0.39, 0.29) is 0 Å². The zero-order chi connectivity index (χ0) is 22.3. The van der Waals surface area contributed by atoms with Crippen molar-refractivity contribution >= 4 is 34.3 Å². The lowest BCUT2D eigenvalue weighted by molar-refractivity contribution is 0.124. The fourth-order valence-corrected chi connectivity index (χ4v) is 4.21. The average Bonchev–Trinajstić information content (AvgIpc) is 3.12. The number of nitrogens with one attached hydrogen (secondary N) is 1. The van der Waals surface area contributed by atoms with Crippen molar-refractivity contribution in [3.63, 3.8) is 0 Å². The molecule has 9 heteroatoms. The first kappa shape index (κ1) is 22.0. The van der Waals surface area contributed by atoms with Crippen LogP contribution in [0.5, 0.6) is 5.75 Å². The number of anilines is 2. The van der Waals surface area contributed by atoms with Crippen molar-refractivity contribution in [3.8, 4) is 5.75 Å². The van der Waals surface area contributed by atoms with Crippen LogP contribution in [-0.2, 0) is 17.9 Å². The number of hydrogen-bond donors (Lipinski definition) is 1. The van der Waals surface area contributed by atoms with Gasteiger partial charge in [-0.05, 0) is 24.3 Å². The molecule has 0 radical (unpaired) electrons. The van der Waals surface area contributed by atoms with Gasteiger partial charge in [-0.1, -0.05) is 19.9 Å².